The molecule has 1 atom stereocenters. The second kappa shape index (κ2) is 7.71. The Labute approximate surface area is 133 Å². The lowest BCUT2D eigenvalue weighted by molar-refractivity contribution is 0.517. The Kier molecular flexibility index (Phi) is 5.94. The van der Waals surface area contributed by atoms with E-state index in [9.17, 15) is 4.39 Å². The van der Waals surface area contributed by atoms with Crippen LogP contribution in [-0.4, -0.2) is 16.3 Å². The van der Waals surface area contributed by atoms with Gasteiger partial charge < -0.3 is 5.32 Å². The predicted molar refractivity (Wildman–Crippen MR) is 86.8 cm³/mol. The highest BCUT2D eigenvalue weighted by atomic mass is 79.9. The molecule has 0 bridgehead atoms. The van der Waals surface area contributed by atoms with Crippen LogP contribution in [0.5, 0.6) is 0 Å². The number of nitrogens with one attached hydrogen (secondary N) is 1. The molecule has 2 aromatic rings. The van der Waals surface area contributed by atoms with Crippen LogP contribution >= 0.6 is 15.9 Å². The molecule has 0 radical (unpaired) electrons. The van der Waals surface area contributed by atoms with E-state index < -0.39 is 0 Å². The fraction of sp³-hybridized carbons (Fsp3) is 0.438. The molecule has 21 heavy (non-hydrogen) atoms. The van der Waals surface area contributed by atoms with Crippen LogP contribution in [0.4, 0.5) is 4.39 Å². The number of aromatic nitrogens is 2. The van der Waals surface area contributed by atoms with Crippen molar-refractivity contribution in [2.45, 2.75) is 39.3 Å². The van der Waals surface area contributed by atoms with E-state index in [1.807, 2.05) is 17.1 Å². The van der Waals surface area contributed by atoms with Gasteiger partial charge in [-0.15, -0.1) is 0 Å². The van der Waals surface area contributed by atoms with Gasteiger partial charge in [0, 0.05) is 22.3 Å². The van der Waals surface area contributed by atoms with Crippen molar-refractivity contribution in [3.8, 4) is 0 Å². The first-order chi connectivity index (χ1) is 10.1. The SMILES string of the molecule is CCCNC(CC)c1cnn(Cc2cc(F)ccc2Br)c1. The molecule has 0 aliphatic rings. The summed E-state index contributed by atoms with van der Waals surface area (Å²) < 4.78 is 16.1. The number of rotatable bonds is 7. The minimum absolute atomic E-state index is 0.225. The summed E-state index contributed by atoms with van der Waals surface area (Å²) in [6.45, 7) is 5.88. The van der Waals surface area contributed by atoms with Gasteiger partial charge in [-0.3, -0.25) is 4.68 Å². The molecule has 5 heteroatoms. The van der Waals surface area contributed by atoms with Gasteiger partial charge in [-0.2, -0.15) is 5.10 Å². The Morgan fingerprint density at radius 2 is 2.19 bits per heavy atom. The minimum Gasteiger partial charge on any atom is -0.310 e. The fourth-order valence-corrected chi connectivity index (χ4v) is 2.67. The van der Waals surface area contributed by atoms with E-state index in [-0.39, 0.29) is 5.82 Å². The number of hydrogen-bond donors (Lipinski definition) is 1. The quantitative estimate of drug-likeness (QED) is 0.804. The van der Waals surface area contributed by atoms with Crippen molar-refractivity contribution in [3.63, 3.8) is 0 Å². The number of halogens is 2. The van der Waals surface area contributed by atoms with Crippen LogP contribution in [0.3, 0.4) is 0 Å². The maximum atomic E-state index is 13.3. The molecule has 0 fully saturated rings. The van der Waals surface area contributed by atoms with Crippen LogP contribution in [-0.2, 0) is 6.54 Å². The highest BCUT2D eigenvalue weighted by molar-refractivity contribution is 9.10. The van der Waals surface area contributed by atoms with Gasteiger partial charge in [0.05, 0.1) is 12.7 Å². The molecule has 1 aromatic heterocycles. The van der Waals surface area contributed by atoms with Gasteiger partial charge in [-0.1, -0.05) is 29.8 Å². The second-order valence-electron chi connectivity index (χ2n) is 5.12. The van der Waals surface area contributed by atoms with Crippen molar-refractivity contribution in [2.24, 2.45) is 0 Å². The predicted octanol–water partition coefficient (Wildman–Crippen LogP) is 4.28. The van der Waals surface area contributed by atoms with E-state index in [0.717, 1.165) is 29.4 Å². The summed E-state index contributed by atoms with van der Waals surface area (Å²) in [5.74, 6) is -0.225. The molecule has 0 aliphatic carbocycles. The van der Waals surface area contributed by atoms with E-state index in [2.05, 4.69) is 40.2 Å². The zero-order valence-electron chi connectivity index (χ0n) is 12.4. The summed E-state index contributed by atoms with van der Waals surface area (Å²) in [6, 6.07) is 5.05. The summed E-state index contributed by atoms with van der Waals surface area (Å²) in [5.41, 5.74) is 2.07. The van der Waals surface area contributed by atoms with Crippen LogP contribution < -0.4 is 5.32 Å². The molecule has 0 saturated heterocycles. The first-order valence-corrected chi connectivity index (χ1v) is 8.13. The third kappa shape index (κ3) is 4.38. The zero-order chi connectivity index (χ0) is 15.2. The largest absolute Gasteiger partial charge is 0.310 e. The van der Waals surface area contributed by atoms with Crippen LogP contribution in [0.25, 0.3) is 0 Å². The van der Waals surface area contributed by atoms with E-state index in [1.54, 1.807) is 6.07 Å². The van der Waals surface area contributed by atoms with Gasteiger partial charge in [-0.25, -0.2) is 4.39 Å². The average molecular weight is 354 g/mol. The molecule has 114 valence electrons. The van der Waals surface area contributed by atoms with Gasteiger partial charge in [0.1, 0.15) is 5.82 Å². The Hall–Kier alpha value is -1.20. The topological polar surface area (TPSA) is 29.9 Å². The summed E-state index contributed by atoms with van der Waals surface area (Å²) >= 11 is 3.45. The molecule has 1 N–H and O–H groups in total. The van der Waals surface area contributed by atoms with Crippen molar-refractivity contribution in [1.29, 1.82) is 0 Å². The Morgan fingerprint density at radius 1 is 1.38 bits per heavy atom. The molecule has 0 amide bonds. The van der Waals surface area contributed by atoms with Crippen LogP contribution in [0, 0.1) is 5.82 Å². The summed E-state index contributed by atoms with van der Waals surface area (Å²) in [7, 11) is 0. The summed E-state index contributed by atoms with van der Waals surface area (Å²) in [6.07, 6.45) is 6.06. The molecule has 1 aromatic carbocycles. The lowest BCUT2D eigenvalue weighted by Gasteiger charge is -2.14. The molecular weight excluding hydrogens is 333 g/mol. The van der Waals surface area contributed by atoms with Gasteiger partial charge in [0.25, 0.3) is 0 Å². The first-order valence-electron chi connectivity index (χ1n) is 7.33. The second-order valence-corrected chi connectivity index (χ2v) is 5.98. The first kappa shape index (κ1) is 16.2. The maximum absolute atomic E-state index is 13.3. The lowest BCUT2D eigenvalue weighted by Crippen LogP contribution is -2.21. The summed E-state index contributed by atoms with van der Waals surface area (Å²) in [4.78, 5) is 0. The van der Waals surface area contributed by atoms with Crippen molar-refractivity contribution in [1.82, 2.24) is 15.1 Å². The molecule has 1 unspecified atom stereocenters. The number of hydrogen-bond acceptors (Lipinski definition) is 2. The van der Waals surface area contributed by atoms with E-state index >= 15 is 0 Å². The molecule has 0 spiro atoms. The van der Waals surface area contributed by atoms with Gasteiger partial charge in [0.2, 0.25) is 0 Å². The Balaban J connectivity index is 2.10. The van der Waals surface area contributed by atoms with Crippen molar-refractivity contribution in [2.75, 3.05) is 6.54 Å². The third-order valence-electron chi connectivity index (χ3n) is 3.44. The number of nitrogens with zero attached hydrogens (tertiary/aromatic N) is 2. The number of benzene rings is 1. The monoisotopic (exact) mass is 353 g/mol. The van der Waals surface area contributed by atoms with E-state index in [0.29, 0.717) is 12.6 Å². The standard InChI is InChI=1S/C16H21BrFN3/c1-3-7-19-16(4-2)13-9-20-21(11-13)10-12-8-14(18)5-6-15(12)17/h5-6,8-9,11,16,19H,3-4,7,10H2,1-2H3. The van der Waals surface area contributed by atoms with Crippen molar-refractivity contribution >= 4 is 15.9 Å². The van der Waals surface area contributed by atoms with Crippen LogP contribution in [0.15, 0.2) is 35.1 Å². The molecule has 0 saturated carbocycles. The normalized spacial score (nSPS) is 12.6. The van der Waals surface area contributed by atoms with Crippen molar-refractivity contribution in [3.05, 3.63) is 52.0 Å². The minimum atomic E-state index is -0.225. The molecule has 3 nitrogen and oxygen atoms in total. The maximum Gasteiger partial charge on any atom is 0.123 e. The van der Waals surface area contributed by atoms with Crippen molar-refractivity contribution < 1.29 is 4.39 Å². The summed E-state index contributed by atoms with van der Waals surface area (Å²) in [5, 5.41) is 7.90. The Morgan fingerprint density at radius 3 is 2.90 bits per heavy atom. The van der Waals surface area contributed by atoms with E-state index in [1.165, 1.54) is 17.7 Å². The Bertz CT molecular complexity index is 583. The molecular formula is C16H21BrFN3. The highest BCUT2D eigenvalue weighted by Crippen LogP contribution is 2.20. The molecule has 2 rings (SSSR count). The van der Waals surface area contributed by atoms with Crippen LogP contribution in [0.2, 0.25) is 0 Å². The third-order valence-corrected chi connectivity index (χ3v) is 4.22. The molecule has 0 aliphatic heterocycles. The molecule has 1 heterocycles. The van der Waals surface area contributed by atoms with Gasteiger partial charge in [0.15, 0.2) is 0 Å². The van der Waals surface area contributed by atoms with Crippen LogP contribution in [0.1, 0.15) is 43.9 Å². The van der Waals surface area contributed by atoms with Gasteiger partial charge >= 0.3 is 0 Å². The highest BCUT2D eigenvalue weighted by Gasteiger charge is 2.11. The lowest BCUT2D eigenvalue weighted by atomic mass is 10.1. The van der Waals surface area contributed by atoms with E-state index in [4.69, 9.17) is 0 Å². The smallest absolute Gasteiger partial charge is 0.123 e. The average Bonchev–Trinajstić information content (AvgIpc) is 2.92. The fourth-order valence-electron chi connectivity index (χ4n) is 2.30. The van der Waals surface area contributed by atoms with Gasteiger partial charge in [-0.05, 0) is 43.1 Å². The zero-order valence-corrected chi connectivity index (χ0v) is 14.0.